The molecule has 0 amide bonds. The number of hydrogen-bond donors (Lipinski definition) is 2. The van der Waals surface area contributed by atoms with E-state index in [2.05, 4.69) is 34.1 Å². The molecule has 0 atom stereocenters. The standard InChI is InChI=1S/C47H59BF2N6O7/c1-6-40-33(3)46(52-35(40)5)45(47-34(4)41(7-2)44(56(47)48(49)50)17-14-37-30-51-43-11-9-8-10-42(37)43)36-12-15-39(16-13-36)63-32-38-31-55(54-53-38)18-20-58-22-24-60-26-28-62-29-27-61-25-23-59-21-19-57/h8-17,30-31,52,57H,6-7,18-29,32H2,1-5H3/b37-14+,44-17+,47-45-. The lowest BCUT2D eigenvalue weighted by Gasteiger charge is -2.13. The fraction of sp³-hybridized carbons (Fsp3) is 0.426. The molecule has 0 bridgehead atoms. The Morgan fingerprint density at radius 2 is 1.41 bits per heavy atom. The topological polar surface area (TPSA) is 139 Å². The first-order chi connectivity index (χ1) is 30.7. The van der Waals surface area contributed by atoms with Crippen molar-refractivity contribution >= 4 is 36.5 Å². The summed E-state index contributed by atoms with van der Waals surface area (Å²) in [4.78, 5) is 8.10. The number of aryl methyl sites for hydroxylation is 1. The Hall–Kier alpha value is -5.23. The molecule has 4 heterocycles. The highest BCUT2D eigenvalue weighted by Gasteiger charge is 2.27. The zero-order valence-corrected chi connectivity index (χ0v) is 37.0. The summed E-state index contributed by atoms with van der Waals surface area (Å²) in [6.07, 6.45) is 8.69. The molecule has 0 saturated carbocycles. The number of halogens is 2. The lowest BCUT2D eigenvalue weighted by Crippen LogP contribution is -2.38. The first kappa shape index (κ1) is 47.3. The predicted molar refractivity (Wildman–Crippen MR) is 241 cm³/mol. The molecular formula is C47H59BF2N6O7. The van der Waals surface area contributed by atoms with Crippen LogP contribution < -0.4 is 15.4 Å². The van der Waals surface area contributed by atoms with Crippen molar-refractivity contribution in [2.45, 2.75) is 60.6 Å². The SMILES string of the molecule is CCc1c(C)[nH]c(/C(c2ccc(OCc3cn(CCOCCOCCOCCOCCOCCO)nn3)cc2)=c2/c(C)c(CC)/c(=C\C=C3/C=Nc4ccccc43)n2B(F)F)c1C. The van der Waals surface area contributed by atoms with Gasteiger partial charge in [0.05, 0.1) is 96.8 Å². The average molecular weight is 869 g/mol. The van der Waals surface area contributed by atoms with E-state index in [1.54, 1.807) is 10.9 Å². The molecule has 13 nitrogen and oxygen atoms in total. The molecule has 336 valence electrons. The van der Waals surface area contributed by atoms with E-state index in [9.17, 15) is 0 Å². The Morgan fingerprint density at radius 1 is 0.778 bits per heavy atom. The number of aromatic nitrogens is 5. The van der Waals surface area contributed by atoms with Crippen LogP contribution in [-0.2, 0) is 49.7 Å². The second-order valence-electron chi connectivity index (χ2n) is 14.9. The third-order valence-electron chi connectivity index (χ3n) is 10.9. The number of aliphatic hydroxyl groups is 1. The Kier molecular flexibility index (Phi) is 18.0. The zero-order chi connectivity index (χ0) is 44.6. The maximum Gasteiger partial charge on any atom is 0.678 e. The first-order valence-corrected chi connectivity index (χ1v) is 21.6. The number of ether oxygens (including phenoxy) is 6. The van der Waals surface area contributed by atoms with E-state index in [1.165, 1.54) is 10.0 Å². The summed E-state index contributed by atoms with van der Waals surface area (Å²) < 4.78 is 67.4. The minimum atomic E-state index is -2.80. The van der Waals surface area contributed by atoms with Crippen molar-refractivity contribution in [1.82, 2.24) is 24.5 Å². The average Bonchev–Trinajstić information content (AvgIpc) is 4.06. The quantitative estimate of drug-likeness (QED) is 0.0529. The number of aliphatic imine (C=N–C) groups is 1. The number of H-pyrrole nitrogens is 1. The smallest absolute Gasteiger partial charge is 0.487 e. The summed E-state index contributed by atoms with van der Waals surface area (Å²) >= 11 is 0. The van der Waals surface area contributed by atoms with Gasteiger partial charge in [0.25, 0.3) is 0 Å². The number of allylic oxidation sites excluding steroid dienone is 2. The normalized spacial score (nSPS) is 13.7. The van der Waals surface area contributed by atoms with Crippen LogP contribution in [-0.4, -0.2) is 116 Å². The Balaban J connectivity index is 1.10. The molecule has 0 fully saturated rings. The van der Waals surface area contributed by atoms with Crippen LogP contribution in [0.2, 0.25) is 0 Å². The second-order valence-corrected chi connectivity index (χ2v) is 14.9. The van der Waals surface area contributed by atoms with Crippen molar-refractivity contribution in [2.24, 2.45) is 4.99 Å². The van der Waals surface area contributed by atoms with E-state index in [1.807, 2.05) is 87.7 Å². The van der Waals surface area contributed by atoms with Gasteiger partial charge in [-0.2, -0.15) is 0 Å². The van der Waals surface area contributed by atoms with Crippen molar-refractivity contribution in [3.63, 3.8) is 0 Å². The second kappa shape index (κ2) is 24.0. The summed E-state index contributed by atoms with van der Waals surface area (Å²) in [5, 5.41) is 18.1. The van der Waals surface area contributed by atoms with Gasteiger partial charge in [0.2, 0.25) is 0 Å². The highest BCUT2D eigenvalue weighted by atomic mass is 19.2. The number of hydrogen-bond acceptors (Lipinski definition) is 10. The molecule has 6 rings (SSSR count). The van der Waals surface area contributed by atoms with Crippen LogP contribution in [0.5, 0.6) is 5.75 Å². The lowest BCUT2D eigenvalue weighted by molar-refractivity contribution is -0.0137. The third-order valence-corrected chi connectivity index (χ3v) is 10.9. The number of fused-ring (bicyclic) bond motifs is 1. The van der Waals surface area contributed by atoms with Crippen molar-refractivity contribution in [2.75, 3.05) is 72.7 Å². The largest absolute Gasteiger partial charge is 0.678 e. The van der Waals surface area contributed by atoms with Gasteiger partial charge in [0.1, 0.15) is 18.1 Å². The monoisotopic (exact) mass is 868 g/mol. The summed E-state index contributed by atoms with van der Waals surface area (Å²) in [7, 11) is -2.80. The molecule has 0 spiro atoms. The van der Waals surface area contributed by atoms with E-state index in [0.717, 1.165) is 56.9 Å². The van der Waals surface area contributed by atoms with Crippen molar-refractivity contribution in [3.8, 4) is 5.75 Å². The summed E-state index contributed by atoms with van der Waals surface area (Å²) in [6, 6.07) is 15.4. The number of aliphatic hydroxyl groups excluding tert-OH is 1. The maximum absolute atomic E-state index is 15.6. The molecule has 2 aromatic carbocycles. The molecule has 63 heavy (non-hydrogen) atoms. The minimum absolute atomic E-state index is 0.00630. The molecule has 5 aromatic rings. The number of benzene rings is 2. The van der Waals surface area contributed by atoms with Crippen LogP contribution in [0.1, 0.15) is 64.3 Å². The Morgan fingerprint density at radius 3 is 2.03 bits per heavy atom. The van der Waals surface area contributed by atoms with E-state index in [4.69, 9.17) is 33.5 Å². The Labute approximate surface area is 368 Å². The number of nitrogens with zero attached hydrogens (tertiary/aromatic N) is 5. The van der Waals surface area contributed by atoms with Crippen LogP contribution in [0.25, 0.3) is 17.2 Å². The van der Waals surface area contributed by atoms with E-state index in [0.29, 0.717) is 107 Å². The predicted octanol–water partition coefficient (Wildman–Crippen LogP) is 5.71. The van der Waals surface area contributed by atoms with Crippen molar-refractivity contribution < 1.29 is 42.2 Å². The van der Waals surface area contributed by atoms with Crippen LogP contribution in [0, 0.1) is 20.8 Å². The molecule has 0 saturated heterocycles. The molecule has 1 aliphatic rings. The molecule has 0 aliphatic carbocycles. The van der Waals surface area contributed by atoms with E-state index >= 15 is 8.63 Å². The van der Waals surface area contributed by atoms with Crippen LogP contribution >= 0.6 is 0 Å². The molecule has 0 unspecified atom stereocenters. The van der Waals surface area contributed by atoms with Gasteiger partial charge in [0.15, 0.2) is 0 Å². The van der Waals surface area contributed by atoms with Gasteiger partial charge in [-0.3, -0.25) is 13.6 Å². The van der Waals surface area contributed by atoms with Gasteiger partial charge in [-0.25, -0.2) is 4.68 Å². The fourth-order valence-corrected chi connectivity index (χ4v) is 7.82. The van der Waals surface area contributed by atoms with Crippen LogP contribution in [0.3, 0.4) is 0 Å². The van der Waals surface area contributed by atoms with Crippen LogP contribution in [0.4, 0.5) is 14.3 Å². The Bertz CT molecular complexity index is 2430. The summed E-state index contributed by atoms with van der Waals surface area (Å²) in [5.74, 6) is 0.609. The minimum Gasteiger partial charge on any atom is -0.487 e. The van der Waals surface area contributed by atoms with Gasteiger partial charge in [-0.05, 0) is 85.7 Å². The summed E-state index contributed by atoms with van der Waals surface area (Å²) in [5.41, 5.74) is 10.6. The molecule has 16 heteroatoms. The summed E-state index contributed by atoms with van der Waals surface area (Å²) in [6.45, 7) is 15.3. The highest BCUT2D eigenvalue weighted by Crippen LogP contribution is 2.32. The van der Waals surface area contributed by atoms with E-state index in [-0.39, 0.29) is 13.2 Å². The van der Waals surface area contributed by atoms with Gasteiger partial charge >= 0.3 is 7.40 Å². The molecule has 3 aromatic heterocycles. The van der Waals surface area contributed by atoms with Crippen LogP contribution in [0.15, 0.2) is 65.8 Å². The number of rotatable bonds is 26. The first-order valence-electron chi connectivity index (χ1n) is 21.6. The maximum atomic E-state index is 15.6. The van der Waals surface area contributed by atoms with Gasteiger partial charge in [0, 0.05) is 39.3 Å². The molecule has 2 N–H and O–H groups in total. The van der Waals surface area contributed by atoms with Gasteiger partial charge < -0.3 is 43.0 Å². The molecular weight excluding hydrogens is 809 g/mol. The number of nitrogens with one attached hydrogen (secondary N) is 1. The van der Waals surface area contributed by atoms with Gasteiger partial charge in [-0.1, -0.05) is 55.5 Å². The van der Waals surface area contributed by atoms with Crippen molar-refractivity contribution in [3.05, 3.63) is 122 Å². The highest BCUT2D eigenvalue weighted by molar-refractivity contribution is 6.41. The van der Waals surface area contributed by atoms with Gasteiger partial charge in [-0.15, -0.1) is 5.10 Å². The number of aromatic amines is 1. The lowest BCUT2D eigenvalue weighted by atomic mass is 9.95. The van der Waals surface area contributed by atoms with E-state index < -0.39 is 7.40 Å². The molecule has 0 radical (unpaired) electrons. The number of para-hydroxylation sites is 1. The van der Waals surface area contributed by atoms with Crippen molar-refractivity contribution in [1.29, 1.82) is 0 Å². The third kappa shape index (κ3) is 12.3. The fourth-order valence-electron chi connectivity index (χ4n) is 7.82. The zero-order valence-electron chi connectivity index (χ0n) is 37.0. The molecule has 1 aliphatic heterocycles.